The second-order valence-corrected chi connectivity index (χ2v) is 14.7. The molecule has 188 valence electrons. The van der Waals surface area contributed by atoms with Crippen molar-refractivity contribution < 1.29 is 8.78 Å². The van der Waals surface area contributed by atoms with Gasteiger partial charge in [-0.15, -0.1) is 0 Å². The Kier molecular flexibility index (Phi) is 7.48. The van der Waals surface area contributed by atoms with Crippen LogP contribution in [0.4, 0.5) is 8.78 Å². The van der Waals surface area contributed by atoms with E-state index in [1.807, 2.05) is 24.3 Å². The molecule has 1 saturated carbocycles. The van der Waals surface area contributed by atoms with Gasteiger partial charge in [0.25, 0.3) is 0 Å². The first-order chi connectivity index (χ1) is 18.2. The molecule has 2 aliphatic rings. The Morgan fingerprint density at radius 2 is 1.00 bits per heavy atom. The van der Waals surface area contributed by atoms with Crippen LogP contribution in [-0.2, 0) is 0 Å². The number of hydrogen-bond donors (Lipinski definition) is 0. The van der Waals surface area contributed by atoms with Gasteiger partial charge in [-0.1, -0.05) is 91.3 Å². The van der Waals surface area contributed by atoms with Crippen LogP contribution in [0.25, 0.3) is 0 Å². The van der Waals surface area contributed by atoms with E-state index in [4.69, 9.17) is 0 Å². The summed E-state index contributed by atoms with van der Waals surface area (Å²) in [6, 6.07) is 36.1. The summed E-state index contributed by atoms with van der Waals surface area (Å²) in [5, 5.41) is 1.28. The van der Waals surface area contributed by atoms with E-state index in [2.05, 4.69) is 65.1 Å². The first kappa shape index (κ1) is 24.9. The monoisotopic (exact) mass is 529 g/mol. The van der Waals surface area contributed by atoms with E-state index in [-0.39, 0.29) is 11.6 Å². The molecule has 0 spiro atoms. The maximum Gasteiger partial charge on any atom is 0.132 e. The van der Waals surface area contributed by atoms with Gasteiger partial charge in [0.1, 0.15) is 11.6 Å². The summed E-state index contributed by atoms with van der Waals surface area (Å²) in [4.78, 5) is 0. The van der Waals surface area contributed by atoms with Gasteiger partial charge in [-0.3, -0.25) is 0 Å². The van der Waals surface area contributed by atoms with Crippen LogP contribution in [0.5, 0.6) is 0 Å². The van der Waals surface area contributed by atoms with Gasteiger partial charge in [-0.05, 0) is 69.1 Å². The lowest BCUT2D eigenvalue weighted by Gasteiger charge is -2.49. The highest BCUT2D eigenvalue weighted by atomic mass is 31.2. The fourth-order valence-electron chi connectivity index (χ4n) is 5.74. The van der Waals surface area contributed by atoms with Crippen molar-refractivity contribution in [2.75, 3.05) is 0 Å². The van der Waals surface area contributed by atoms with Crippen molar-refractivity contribution in [2.24, 2.45) is 0 Å². The van der Waals surface area contributed by atoms with Gasteiger partial charge in [0.15, 0.2) is 0 Å². The summed E-state index contributed by atoms with van der Waals surface area (Å²) in [5.74, 6) is -0.467. The summed E-state index contributed by atoms with van der Waals surface area (Å²) in [7, 11) is -2.15. The molecule has 37 heavy (non-hydrogen) atoms. The van der Waals surface area contributed by atoms with Crippen molar-refractivity contribution >= 4 is 26.8 Å². The zero-order chi connectivity index (χ0) is 25.2. The first-order valence-electron chi connectivity index (χ1n) is 13.2. The van der Waals surface area contributed by atoms with Crippen molar-refractivity contribution in [2.45, 2.75) is 49.5 Å². The molecule has 2 atom stereocenters. The summed E-state index contributed by atoms with van der Waals surface area (Å²) < 4.78 is 33.9. The minimum Gasteiger partial charge on any atom is -0.248 e. The van der Waals surface area contributed by atoms with Crippen molar-refractivity contribution in [3.05, 3.63) is 132 Å². The highest BCUT2D eigenvalue weighted by Crippen LogP contribution is 2.77. The molecular weight excluding hydrogens is 498 g/mol. The van der Waals surface area contributed by atoms with Gasteiger partial charge in [0.2, 0.25) is 0 Å². The molecule has 0 radical (unpaired) electrons. The molecule has 1 aliphatic heterocycles. The molecule has 0 amide bonds. The second-order valence-electron chi connectivity index (χ2n) is 9.93. The second kappa shape index (κ2) is 11.1. The molecule has 4 aromatic rings. The fourth-order valence-corrected chi connectivity index (χ4v) is 13.6. The lowest BCUT2D eigenvalue weighted by atomic mass is 9.94. The van der Waals surface area contributed by atoms with Crippen LogP contribution in [0.2, 0.25) is 0 Å². The van der Waals surface area contributed by atoms with Crippen molar-refractivity contribution in [3.8, 4) is 0 Å². The Morgan fingerprint density at radius 3 is 1.41 bits per heavy atom. The molecule has 1 aliphatic carbocycles. The van der Waals surface area contributed by atoms with E-state index >= 15 is 8.78 Å². The molecule has 6 rings (SSSR count). The third-order valence-electron chi connectivity index (χ3n) is 7.72. The number of benzene rings is 4. The van der Waals surface area contributed by atoms with E-state index in [1.54, 1.807) is 12.1 Å². The predicted octanol–water partition coefficient (Wildman–Crippen LogP) is 8.84. The summed E-state index contributed by atoms with van der Waals surface area (Å²) in [6.45, 7) is 0. The van der Waals surface area contributed by atoms with Crippen LogP contribution in [0.15, 0.2) is 109 Å². The normalized spacial score (nSPS) is 20.4. The quantitative estimate of drug-likeness (QED) is 0.216. The zero-order valence-corrected chi connectivity index (χ0v) is 22.5. The maximum atomic E-state index is 15.6. The van der Waals surface area contributed by atoms with Gasteiger partial charge in [0.05, 0.1) is 0 Å². The predicted molar refractivity (Wildman–Crippen MR) is 153 cm³/mol. The summed E-state index contributed by atoms with van der Waals surface area (Å²) in [6.07, 6.45) is 5.54. The average molecular weight is 530 g/mol. The van der Waals surface area contributed by atoms with Gasteiger partial charge in [0, 0.05) is 36.0 Å². The van der Waals surface area contributed by atoms with Crippen molar-refractivity contribution in [1.82, 2.24) is 4.44 Å². The molecule has 5 heteroatoms. The van der Waals surface area contributed by atoms with Gasteiger partial charge in [-0.25, -0.2) is 13.2 Å². The summed E-state index contributed by atoms with van der Waals surface area (Å²) >= 11 is 0. The van der Waals surface area contributed by atoms with Crippen LogP contribution in [0.3, 0.4) is 0 Å². The molecule has 0 bridgehead atoms. The Hall–Kier alpha value is -2.44. The van der Waals surface area contributed by atoms with E-state index in [1.165, 1.54) is 29.7 Å². The molecule has 0 unspecified atom stereocenters. The Morgan fingerprint density at radius 1 is 0.568 bits per heavy atom. The minimum atomic E-state index is -1.38. The first-order valence-corrected chi connectivity index (χ1v) is 15.9. The Bertz CT molecular complexity index is 1240. The molecule has 1 saturated heterocycles. The molecule has 1 nitrogen and oxygen atoms in total. The molecule has 0 N–H and O–H groups in total. The van der Waals surface area contributed by atoms with E-state index in [0.29, 0.717) is 28.0 Å². The lowest BCUT2D eigenvalue weighted by Crippen LogP contribution is -2.40. The van der Waals surface area contributed by atoms with Gasteiger partial charge < -0.3 is 0 Å². The molecule has 2 fully saturated rings. The van der Waals surface area contributed by atoms with E-state index < -0.39 is 16.1 Å². The van der Waals surface area contributed by atoms with Crippen LogP contribution in [-0.4, -0.2) is 10.5 Å². The van der Waals surface area contributed by atoms with Crippen molar-refractivity contribution in [1.29, 1.82) is 0 Å². The molecule has 4 aromatic carbocycles. The standard InChI is InChI=1S/C32H31F2NP2/c33-27-18-7-9-20-31(27)37(32-21-10-8-19-28(32)34)35(26-16-11-17-26)36-29(24-12-3-1-4-13-24)22-23-30(36)25-14-5-2-6-15-25/h1-10,12-15,18-21,26,29-30H,11,16-17,22-23H2/t29-,30-/m1/s1. The Balaban J connectivity index is 1.56. The van der Waals surface area contributed by atoms with Gasteiger partial charge in [-0.2, -0.15) is 0 Å². The largest absolute Gasteiger partial charge is 0.248 e. The number of rotatable bonds is 7. The van der Waals surface area contributed by atoms with Crippen LogP contribution < -0.4 is 10.6 Å². The minimum absolute atomic E-state index is 0.233. The van der Waals surface area contributed by atoms with Crippen LogP contribution in [0, 0.1) is 11.6 Å². The number of nitrogens with zero attached hydrogens (tertiary/aromatic N) is 1. The number of halogens is 2. The van der Waals surface area contributed by atoms with Crippen LogP contribution in [0.1, 0.15) is 54.5 Å². The smallest absolute Gasteiger partial charge is 0.132 e. The molecule has 0 aromatic heterocycles. The number of hydrogen-bond acceptors (Lipinski definition) is 1. The summed E-state index contributed by atoms with van der Waals surface area (Å²) in [5.41, 5.74) is 3.44. The molecular formula is C32H31F2NP2. The average Bonchev–Trinajstić information content (AvgIpc) is 3.35. The van der Waals surface area contributed by atoms with Crippen molar-refractivity contribution in [3.63, 3.8) is 0 Å². The van der Waals surface area contributed by atoms with E-state index in [9.17, 15) is 0 Å². The van der Waals surface area contributed by atoms with Crippen LogP contribution >= 0.6 is 16.1 Å². The third-order valence-corrected chi connectivity index (χ3v) is 14.4. The topological polar surface area (TPSA) is 3.24 Å². The third kappa shape index (κ3) is 4.90. The SMILES string of the molecule is Fc1ccccc1P(c1ccccc1F)N(C1CCC1)P1[C@@H](c2ccccc2)CC[C@@H]1c1ccccc1. The Labute approximate surface area is 221 Å². The molecule has 1 heterocycles. The highest BCUT2D eigenvalue weighted by molar-refractivity contribution is 7.79. The zero-order valence-electron chi connectivity index (χ0n) is 20.8. The van der Waals surface area contributed by atoms with Gasteiger partial charge >= 0.3 is 0 Å². The highest BCUT2D eigenvalue weighted by Gasteiger charge is 2.48. The maximum absolute atomic E-state index is 15.6. The fraction of sp³-hybridized carbons (Fsp3) is 0.250. The van der Waals surface area contributed by atoms with E-state index in [0.717, 1.165) is 25.7 Å². The lowest BCUT2D eigenvalue weighted by molar-refractivity contribution is 0.314.